The SMILES string of the molecule is Cc1c(C#N)c(N2CCOC3(CCN(C)CC3)C2)nc2ccccc12. The maximum Gasteiger partial charge on any atom is 0.147 e. The Morgan fingerprint density at radius 2 is 1.96 bits per heavy atom. The van der Waals surface area contributed by atoms with Crippen LogP contribution in [-0.2, 0) is 4.74 Å². The molecule has 1 aromatic carbocycles. The fourth-order valence-corrected chi connectivity index (χ4v) is 4.08. The van der Waals surface area contributed by atoms with Crippen LogP contribution in [0.25, 0.3) is 10.9 Å². The molecule has 1 aromatic heterocycles. The zero-order valence-electron chi connectivity index (χ0n) is 15.0. The summed E-state index contributed by atoms with van der Waals surface area (Å²) in [5.41, 5.74) is 2.58. The molecule has 5 heteroatoms. The summed E-state index contributed by atoms with van der Waals surface area (Å²) in [5, 5.41) is 10.8. The minimum Gasteiger partial charge on any atom is -0.371 e. The number of pyridine rings is 1. The van der Waals surface area contributed by atoms with Crippen molar-refractivity contribution in [2.45, 2.75) is 25.4 Å². The lowest BCUT2D eigenvalue weighted by Crippen LogP contribution is -2.56. The number of nitriles is 1. The standard InChI is InChI=1S/C20H24N4O/c1-15-16-5-3-4-6-18(16)22-19(17(15)13-21)24-11-12-25-20(14-24)7-9-23(2)10-8-20/h3-6H,7-12,14H2,1-2H3. The largest absolute Gasteiger partial charge is 0.371 e. The summed E-state index contributed by atoms with van der Waals surface area (Å²) < 4.78 is 6.22. The van der Waals surface area contributed by atoms with Gasteiger partial charge in [0, 0.05) is 31.6 Å². The van der Waals surface area contributed by atoms with Crippen molar-refractivity contribution in [1.29, 1.82) is 5.26 Å². The number of piperidine rings is 1. The van der Waals surface area contributed by atoms with Crippen LogP contribution in [0.3, 0.4) is 0 Å². The van der Waals surface area contributed by atoms with Gasteiger partial charge in [0.05, 0.1) is 23.3 Å². The van der Waals surface area contributed by atoms with E-state index in [1.165, 1.54) is 0 Å². The average Bonchev–Trinajstić information content (AvgIpc) is 2.64. The molecule has 25 heavy (non-hydrogen) atoms. The average molecular weight is 336 g/mol. The molecule has 3 heterocycles. The van der Waals surface area contributed by atoms with Crippen molar-refractivity contribution in [1.82, 2.24) is 9.88 Å². The number of likely N-dealkylation sites (tertiary alicyclic amines) is 1. The van der Waals surface area contributed by atoms with Crippen LogP contribution >= 0.6 is 0 Å². The lowest BCUT2D eigenvalue weighted by atomic mass is 9.89. The molecule has 2 fully saturated rings. The number of ether oxygens (including phenoxy) is 1. The van der Waals surface area contributed by atoms with Crippen LogP contribution in [-0.4, -0.2) is 55.3 Å². The van der Waals surface area contributed by atoms with Crippen molar-refractivity contribution in [2.75, 3.05) is 44.7 Å². The smallest absolute Gasteiger partial charge is 0.147 e. The van der Waals surface area contributed by atoms with E-state index in [0.717, 1.165) is 61.3 Å². The predicted octanol–water partition coefficient (Wildman–Crippen LogP) is 2.72. The number of morpholine rings is 1. The fourth-order valence-electron chi connectivity index (χ4n) is 4.08. The zero-order valence-corrected chi connectivity index (χ0v) is 15.0. The van der Waals surface area contributed by atoms with Crippen LogP contribution in [0.2, 0.25) is 0 Å². The van der Waals surface area contributed by atoms with E-state index in [9.17, 15) is 5.26 Å². The van der Waals surface area contributed by atoms with Gasteiger partial charge in [0.1, 0.15) is 11.9 Å². The molecule has 0 unspecified atom stereocenters. The highest BCUT2D eigenvalue weighted by Crippen LogP contribution is 2.34. The predicted molar refractivity (Wildman–Crippen MR) is 98.8 cm³/mol. The van der Waals surface area contributed by atoms with Crippen molar-refractivity contribution in [2.24, 2.45) is 0 Å². The van der Waals surface area contributed by atoms with Crippen molar-refractivity contribution < 1.29 is 4.74 Å². The maximum absolute atomic E-state index is 9.77. The Bertz CT molecular complexity index is 833. The number of nitrogens with zero attached hydrogens (tertiary/aromatic N) is 4. The highest BCUT2D eigenvalue weighted by Gasteiger charge is 2.40. The van der Waals surface area contributed by atoms with E-state index in [4.69, 9.17) is 9.72 Å². The Kier molecular flexibility index (Phi) is 4.10. The van der Waals surface area contributed by atoms with Gasteiger partial charge in [0.15, 0.2) is 0 Å². The Morgan fingerprint density at radius 1 is 1.20 bits per heavy atom. The minimum absolute atomic E-state index is 0.0985. The molecule has 0 bridgehead atoms. The van der Waals surface area contributed by atoms with Gasteiger partial charge in [-0.25, -0.2) is 4.98 Å². The molecule has 2 aromatic rings. The quantitative estimate of drug-likeness (QED) is 0.801. The van der Waals surface area contributed by atoms with Gasteiger partial charge in [-0.15, -0.1) is 0 Å². The van der Waals surface area contributed by atoms with Gasteiger partial charge < -0.3 is 14.5 Å². The molecule has 0 N–H and O–H groups in total. The summed E-state index contributed by atoms with van der Waals surface area (Å²) >= 11 is 0. The van der Waals surface area contributed by atoms with E-state index in [1.807, 2.05) is 31.2 Å². The van der Waals surface area contributed by atoms with E-state index in [2.05, 4.69) is 22.9 Å². The van der Waals surface area contributed by atoms with Crippen LogP contribution < -0.4 is 4.90 Å². The van der Waals surface area contributed by atoms with E-state index < -0.39 is 0 Å². The van der Waals surface area contributed by atoms with Crippen molar-refractivity contribution in [3.63, 3.8) is 0 Å². The molecule has 5 nitrogen and oxygen atoms in total. The third-order valence-electron chi connectivity index (χ3n) is 5.69. The molecule has 0 radical (unpaired) electrons. The van der Waals surface area contributed by atoms with Gasteiger partial charge in [0.2, 0.25) is 0 Å². The van der Waals surface area contributed by atoms with Gasteiger partial charge in [-0.3, -0.25) is 0 Å². The van der Waals surface area contributed by atoms with Crippen LogP contribution in [0.15, 0.2) is 24.3 Å². The summed E-state index contributed by atoms with van der Waals surface area (Å²) in [6.45, 7) is 6.45. The third kappa shape index (κ3) is 2.86. The summed E-state index contributed by atoms with van der Waals surface area (Å²) in [6, 6.07) is 10.5. The first-order valence-electron chi connectivity index (χ1n) is 8.99. The Labute approximate surface area is 148 Å². The van der Waals surface area contributed by atoms with E-state index in [1.54, 1.807) is 0 Å². The van der Waals surface area contributed by atoms with Crippen molar-refractivity contribution in [3.8, 4) is 6.07 Å². The van der Waals surface area contributed by atoms with Gasteiger partial charge >= 0.3 is 0 Å². The fraction of sp³-hybridized carbons (Fsp3) is 0.500. The topological polar surface area (TPSA) is 52.4 Å². The van der Waals surface area contributed by atoms with E-state index in [-0.39, 0.29) is 5.60 Å². The first kappa shape index (κ1) is 16.3. The van der Waals surface area contributed by atoms with Crippen molar-refractivity contribution in [3.05, 3.63) is 35.4 Å². The lowest BCUT2D eigenvalue weighted by Gasteiger charge is -2.47. The molecule has 4 rings (SSSR count). The normalized spacial score (nSPS) is 20.8. The molecule has 0 amide bonds. The number of rotatable bonds is 1. The van der Waals surface area contributed by atoms with Gasteiger partial charge in [-0.2, -0.15) is 5.26 Å². The number of para-hydroxylation sites is 1. The number of benzene rings is 1. The molecule has 2 aliphatic rings. The lowest BCUT2D eigenvalue weighted by molar-refractivity contribution is -0.0884. The van der Waals surface area contributed by atoms with Crippen LogP contribution in [0.4, 0.5) is 5.82 Å². The summed E-state index contributed by atoms with van der Waals surface area (Å²) in [6.07, 6.45) is 2.07. The Balaban J connectivity index is 1.73. The molecule has 2 aliphatic heterocycles. The monoisotopic (exact) mass is 336 g/mol. The number of hydrogen-bond acceptors (Lipinski definition) is 5. The first-order chi connectivity index (χ1) is 12.1. The minimum atomic E-state index is -0.0985. The molecule has 130 valence electrons. The molecule has 1 spiro atoms. The first-order valence-corrected chi connectivity index (χ1v) is 8.99. The second kappa shape index (κ2) is 6.29. The van der Waals surface area contributed by atoms with E-state index in [0.29, 0.717) is 12.2 Å². The summed E-state index contributed by atoms with van der Waals surface area (Å²) in [4.78, 5) is 9.49. The highest BCUT2D eigenvalue weighted by atomic mass is 16.5. The summed E-state index contributed by atoms with van der Waals surface area (Å²) in [7, 11) is 2.16. The molecule has 0 atom stereocenters. The molecular formula is C20H24N4O. The second-order valence-electron chi connectivity index (χ2n) is 7.32. The number of aryl methyl sites for hydroxylation is 1. The van der Waals surface area contributed by atoms with Crippen LogP contribution in [0, 0.1) is 18.3 Å². The van der Waals surface area contributed by atoms with Gasteiger partial charge in [-0.1, -0.05) is 18.2 Å². The second-order valence-corrected chi connectivity index (χ2v) is 7.32. The van der Waals surface area contributed by atoms with E-state index >= 15 is 0 Å². The van der Waals surface area contributed by atoms with Crippen LogP contribution in [0.1, 0.15) is 24.0 Å². The van der Waals surface area contributed by atoms with Gasteiger partial charge in [-0.05, 0) is 38.4 Å². The van der Waals surface area contributed by atoms with Gasteiger partial charge in [0.25, 0.3) is 0 Å². The molecule has 0 aliphatic carbocycles. The molecule has 0 saturated carbocycles. The Hall–Kier alpha value is -2.16. The number of aromatic nitrogens is 1. The zero-order chi connectivity index (χ0) is 17.4. The summed E-state index contributed by atoms with van der Waals surface area (Å²) in [5.74, 6) is 0.820. The Morgan fingerprint density at radius 3 is 2.72 bits per heavy atom. The third-order valence-corrected chi connectivity index (χ3v) is 5.69. The number of anilines is 1. The molecular weight excluding hydrogens is 312 g/mol. The molecule has 2 saturated heterocycles. The number of hydrogen-bond donors (Lipinski definition) is 0. The maximum atomic E-state index is 9.77. The van der Waals surface area contributed by atoms with Crippen LogP contribution in [0.5, 0.6) is 0 Å². The highest BCUT2D eigenvalue weighted by molar-refractivity contribution is 5.87. The number of fused-ring (bicyclic) bond motifs is 1. The van der Waals surface area contributed by atoms with Crippen molar-refractivity contribution >= 4 is 16.7 Å².